The highest BCUT2D eigenvalue weighted by Gasteiger charge is 2.42. The van der Waals surface area contributed by atoms with Crippen LogP contribution in [0.1, 0.15) is 12.8 Å². The largest absolute Gasteiger partial charge is 0.381 e. The van der Waals surface area contributed by atoms with Crippen molar-refractivity contribution < 1.29 is 4.74 Å². The van der Waals surface area contributed by atoms with Gasteiger partial charge in [-0.15, -0.1) is 0 Å². The molecular weight excluding hydrogens is 254 g/mol. The zero-order valence-corrected chi connectivity index (χ0v) is 11.3. The Hall–Kier alpha value is -1.95. The Morgan fingerprint density at radius 3 is 2.85 bits per heavy atom. The molecule has 0 aliphatic carbocycles. The van der Waals surface area contributed by atoms with Crippen molar-refractivity contribution in [1.29, 1.82) is 0 Å². The number of aromatic nitrogens is 4. The van der Waals surface area contributed by atoms with Crippen molar-refractivity contribution in [1.82, 2.24) is 20.2 Å². The maximum atomic E-state index is 5.58. The van der Waals surface area contributed by atoms with Crippen molar-refractivity contribution >= 4 is 5.95 Å². The minimum absolute atomic E-state index is 0.313. The summed E-state index contributed by atoms with van der Waals surface area (Å²) in [6.45, 7) is 3.74. The molecule has 0 saturated carbocycles. The minimum Gasteiger partial charge on any atom is -0.381 e. The Morgan fingerprint density at radius 2 is 2.05 bits per heavy atom. The van der Waals surface area contributed by atoms with Crippen LogP contribution in [0.4, 0.5) is 5.95 Å². The molecule has 2 aliphatic heterocycles. The van der Waals surface area contributed by atoms with E-state index >= 15 is 0 Å². The number of benzene rings is 1. The molecule has 2 saturated heterocycles. The van der Waals surface area contributed by atoms with Crippen LogP contribution in [0.15, 0.2) is 30.3 Å². The van der Waals surface area contributed by atoms with Gasteiger partial charge in [0.25, 0.3) is 0 Å². The first-order chi connectivity index (χ1) is 9.86. The molecule has 1 spiro atoms. The summed E-state index contributed by atoms with van der Waals surface area (Å²) in [7, 11) is 0. The van der Waals surface area contributed by atoms with Gasteiger partial charge in [0.2, 0.25) is 5.95 Å². The highest BCUT2D eigenvalue weighted by Crippen LogP contribution is 2.39. The van der Waals surface area contributed by atoms with Crippen LogP contribution in [0.3, 0.4) is 0 Å². The van der Waals surface area contributed by atoms with Crippen molar-refractivity contribution in [2.75, 3.05) is 31.2 Å². The molecule has 1 atom stereocenters. The maximum absolute atomic E-state index is 5.58. The van der Waals surface area contributed by atoms with Gasteiger partial charge in [-0.3, -0.25) is 0 Å². The van der Waals surface area contributed by atoms with Gasteiger partial charge in [-0.25, -0.2) is 0 Å². The van der Waals surface area contributed by atoms with Gasteiger partial charge in [-0.2, -0.15) is 4.68 Å². The van der Waals surface area contributed by atoms with Crippen LogP contribution >= 0.6 is 0 Å². The van der Waals surface area contributed by atoms with Crippen LogP contribution < -0.4 is 4.90 Å². The van der Waals surface area contributed by atoms with E-state index in [1.165, 1.54) is 0 Å². The first-order valence-electron chi connectivity index (χ1n) is 7.03. The summed E-state index contributed by atoms with van der Waals surface area (Å²) in [5.41, 5.74) is 1.31. The molecule has 6 nitrogen and oxygen atoms in total. The molecule has 20 heavy (non-hydrogen) atoms. The first-order valence-corrected chi connectivity index (χ1v) is 7.03. The molecule has 0 radical (unpaired) electrons. The molecule has 0 bridgehead atoms. The van der Waals surface area contributed by atoms with Crippen molar-refractivity contribution in [2.24, 2.45) is 5.41 Å². The number of ether oxygens (including phenoxy) is 1. The average molecular weight is 271 g/mol. The van der Waals surface area contributed by atoms with E-state index in [9.17, 15) is 0 Å². The number of nitrogens with zero attached hydrogens (tertiary/aromatic N) is 5. The predicted molar refractivity (Wildman–Crippen MR) is 73.9 cm³/mol. The number of para-hydroxylation sites is 1. The van der Waals surface area contributed by atoms with Gasteiger partial charge in [0.05, 0.1) is 12.3 Å². The molecule has 4 rings (SSSR count). The number of tetrazole rings is 1. The summed E-state index contributed by atoms with van der Waals surface area (Å²) >= 11 is 0. The summed E-state index contributed by atoms with van der Waals surface area (Å²) < 4.78 is 7.39. The molecule has 6 heteroatoms. The molecule has 0 amide bonds. The lowest BCUT2D eigenvalue weighted by Gasteiger charge is -2.22. The molecule has 1 aromatic heterocycles. The monoisotopic (exact) mass is 271 g/mol. The average Bonchev–Trinajstić information content (AvgIpc) is 3.22. The lowest BCUT2D eigenvalue weighted by molar-refractivity contribution is 0.160. The number of hydrogen-bond acceptors (Lipinski definition) is 5. The quantitative estimate of drug-likeness (QED) is 0.823. The minimum atomic E-state index is 0.313. The SMILES string of the molecule is c1ccc(-n2nnnc2N2CC[C@@]3(CCOC3)C2)cc1. The van der Waals surface area contributed by atoms with E-state index < -0.39 is 0 Å². The molecule has 2 fully saturated rings. The second kappa shape index (κ2) is 4.56. The second-order valence-electron chi connectivity index (χ2n) is 5.70. The molecule has 104 valence electrons. The summed E-state index contributed by atoms with van der Waals surface area (Å²) in [5, 5.41) is 12.2. The summed E-state index contributed by atoms with van der Waals surface area (Å²) in [6, 6.07) is 10.0. The topological polar surface area (TPSA) is 56.1 Å². The number of hydrogen-bond donors (Lipinski definition) is 0. The van der Waals surface area contributed by atoms with E-state index in [0.29, 0.717) is 5.41 Å². The van der Waals surface area contributed by atoms with E-state index in [0.717, 1.165) is 50.8 Å². The molecule has 0 N–H and O–H groups in total. The maximum Gasteiger partial charge on any atom is 0.250 e. The number of anilines is 1. The Balaban J connectivity index is 1.63. The van der Waals surface area contributed by atoms with Gasteiger partial charge in [0, 0.05) is 25.1 Å². The Bertz CT molecular complexity index is 591. The molecule has 1 aromatic carbocycles. The van der Waals surface area contributed by atoms with Gasteiger partial charge >= 0.3 is 0 Å². The Kier molecular flexibility index (Phi) is 2.70. The van der Waals surface area contributed by atoms with Crippen molar-refractivity contribution in [3.05, 3.63) is 30.3 Å². The zero-order valence-electron chi connectivity index (χ0n) is 11.3. The van der Waals surface area contributed by atoms with Gasteiger partial charge in [0.1, 0.15) is 0 Å². The van der Waals surface area contributed by atoms with E-state index in [1.54, 1.807) is 0 Å². The fourth-order valence-corrected chi connectivity index (χ4v) is 3.19. The summed E-state index contributed by atoms with van der Waals surface area (Å²) in [5.74, 6) is 0.833. The van der Waals surface area contributed by atoms with E-state index in [4.69, 9.17) is 4.74 Å². The van der Waals surface area contributed by atoms with Crippen LogP contribution in [0.5, 0.6) is 0 Å². The highest BCUT2D eigenvalue weighted by molar-refractivity contribution is 5.41. The van der Waals surface area contributed by atoms with Crippen molar-refractivity contribution in [3.63, 3.8) is 0 Å². The normalized spacial score (nSPS) is 25.7. The van der Waals surface area contributed by atoms with Gasteiger partial charge < -0.3 is 9.64 Å². The standard InChI is InChI=1S/C14H17N5O/c1-2-4-12(5-3-1)19-13(15-16-17-19)18-8-6-14(10-18)7-9-20-11-14/h1-5H,6-11H2/t14-/m1/s1. The lowest BCUT2D eigenvalue weighted by Crippen LogP contribution is -2.29. The lowest BCUT2D eigenvalue weighted by atomic mass is 9.87. The third-order valence-corrected chi connectivity index (χ3v) is 4.36. The molecular formula is C14H17N5O. The first kappa shape index (κ1) is 11.8. The van der Waals surface area contributed by atoms with Crippen LogP contribution in [-0.2, 0) is 4.74 Å². The van der Waals surface area contributed by atoms with Crippen LogP contribution in [0.2, 0.25) is 0 Å². The zero-order chi connectivity index (χ0) is 13.4. The third kappa shape index (κ3) is 1.87. The van der Waals surface area contributed by atoms with Crippen molar-refractivity contribution in [2.45, 2.75) is 12.8 Å². The molecule has 0 unspecified atom stereocenters. The summed E-state index contributed by atoms with van der Waals surface area (Å²) in [6.07, 6.45) is 2.31. The van der Waals surface area contributed by atoms with E-state index in [2.05, 4.69) is 20.4 Å². The number of rotatable bonds is 2. The fraction of sp³-hybridized carbons (Fsp3) is 0.500. The Labute approximate surface area is 117 Å². The summed E-state index contributed by atoms with van der Waals surface area (Å²) in [4.78, 5) is 2.28. The highest BCUT2D eigenvalue weighted by atomic mass is 16.5. The molecule has 2 aromatic rings. The Morgan fingerprint density at radius 1 is 1.15 bits per heavy atom. The van der Waals surface area contributed by atoms with E-state index in [-0.39, 0.29) is 0 Å². The van der Waals surface area contributed by atoms with Crippen LogP contribution in [-0.4, -0.2) is 46.5 Å². The van der Waals surface area contributed by atoms with Crippen LogP contribution in [0, 0.1) is 5.41 Å². The second-order valence-corrected chi connectivity index (χ2v) is 5.70. The van der Waals surface area contributed by atoms with E-state index in [1.807, 2.05) is 35.0 Å². The van der Waals surface area contributed by atoms with Gasteiger partial charge in [0.15, 0.2) is 0 Å². The molecule has 3 heterocycles. The van der Waals surface area contributed by atoms with Gasteiger partial charge in [-0.1, -0.05) is 23.3 Å². The molecule has 2 aliphatic rings. The fourth-order valence-electron chi connectivity index (χ4n) is 3.19. The van der Waals surface area contributed by atoms with Gasteiger partial charge in [-0.05, 0) is 35.4 Å². The predicted octanol–water partition coefficient (Wildman–Crippen LogP) is 1.28. The smallest absolute Gasteiger partial charge is 0.250 e. The van der Waals surface area contributed by atoms with Crippen LogP contribution in [0.25, 0.3) is 5.69 Å². The third-order valence-electron chi connectivity index (χ3n) is 4.36. The van der Waals surface area contributed by atoms with Crippen molar-refractivity contribution in [3.8, 4) is 5.69 Å².